The average Bonchev–Trinajstić information content (AvgIpc) is 2.54. The summed E-state index contributed by atoms with van der Waals surface area (Å²) in [6.07, 6.45) is 20.1. The Morgan fingerprint density at radius 1 is 0.500 bits per heavy atom. The largest absolute Gasteiger partial charge is 0.377 e. The summed E-state index contributed by atoms with van der Waals surface area (Å²) < 4.78 is 11.2. The minimum Gasteiger partial charge on any atom is -0.377 e. The molecule has 132 valence electrons. The van der Waals surface area contributed by atoms with Crippen molar-refractivity contribution in [1.82, 2.24) is 0 Å². The lowest BCUT2D eigenvalue weighted by Crippen LogP contribution is -1.97. The van der Waals surface area contributed by atoms with Gasteiger partial charge in [-0.05, 0) is 12.8 Å². The molecule has 0 aromatic heterocycles. The maximum atomic E-state index is 5.58. The molecule has 0 aromatic rings. The number of rotatable bonds is 18. The molecule has 0 N–H and O–H groups in total. The van der Waals surface area contributed by atoms with E-state index in [-0.39, 0.29) is 0 Å². The van der Waals surface area contributed by atoms with Crippen LogP contribution in [0, 0.1) is 0 Å². The second-order valence-corrected chi connectivity index (χ2v) is 6.16. The van der Waals surface area contributed by atoms with Crippen LogP contribution in [0.15, 0.2) is 12.2 Å². The molecule has 0 bridgehead atoms. The van der Waals surface area contributed by atoms with Crippen LogP contribution in [0.3, 0.4) is 0 Å². The maximum absolute atomic E-state index is 5.58. The molecule has 0 heterocycles. The molecule has 0 aliphatic heterocycles. The fraction of sp³-hybridized carbons (Fsp3) is 0.900. The number of unbranched alkanes of at least 4 members (excludes halogenated alkanes) is 10. The molecule has 0 saturated carbocycles. The van der Waals surface area contributed by atoms with E-state index in [9.17, 15) is 0 Å². The van der Waals surface area contributed by atoms with Crippen LogP contribution in [0.5, 0.6) is 0 Å². The van der Waals surface area contributed by atoms with E-state index >= 15 is 0 Å². The molecule has 2 nitrogen and oxygen atoms in total. The summed E-state index contributed by atoms with van der Waals surface area (Å²) in [6.45, 7) is 7.77. The van der Waals surface area contributed by atoms with Crippen LogP contribution < -0.4 is 0 Å². The quantitative estimate of drug-likeness (QED) is 0.218. The Morgan fingerprint density at radius 2 is 0.864 bits per heavy atom. The summed E-state index contributed by atoms with van der Waals surface area (Å²) in [5.41, 5.74) is 0. The molecular formula is C20H40O2. The van der Waals surface area contributed by atoms with Crippen LogP contribution in [0.25, 0.3) is 0 Å². The van der Waals surface area contributed by atoms with Gasteiger partial charge in [0.2, 0.25) is 0 Å². The summed E-state index contributed by atoms with van der Waals surface area (Å²) in [6, 6.07) is 0. The minimum atomic E-state index is 0.731. The van der Waals surface area contributed by atoms with Gasteiger partial charge in [-0.25, -0.2) is 0 Å². The van der Waals surface area contributed by atoms with Crippen molar-refractivity contribution in [2.45, 2.75) is 90.9 Å². The van der Waals surface area contributed by atoms with E-state index in [0.717, 1.165) is 26.4 Å². The van der Waals surface area contributed by atoms with Crippen molar-refractivity contribution < 1.29 is 9.47 Å². The van der Waals surface area contributed by atoms with Crippen molar-refractivity contribution in [3.05, 3.63) is 12.2 Å². The van der Waals surface area contributed by atoms with E-state index in [1.54, 1.807) is 0 Å². The average molecular weight is 313 g/mol. The predicted octanol–water partition coefficient (Wildman–Crippen LogP) is 6.30. The molecule has 0 aliphatic carbocycles. The van der Waals surface area contributed by atoms with Crippen molar-refractivity contribution >= 4 is 0 Å². The Labute approximate surface area is 139 Å². The van der Waals surface area contributed by atoms with Crippen LogP contribution in [-0.4, -0.2) is 26.4 Å². The third-order valence-corrected chi connectivity index (χ3v) is 3.88. The maximum Gasteiger partial charge on any atom is 0.0648 e. The third-order valence-electron chi connectivity index (χ3n) is 3.88. The summed E-state index contributed by atoms with van der Waals surface area (Å²) in [4.78, 5) is 0. The molecule has 0 atom stereocenters. The fourth-order valence-electron chi connectivity index (χ4n) is 2.41. The molecule has 2 heteroatoms. The van der Waals surface area contributed by atoms with Gasteiger partial charge in [0, 0.05) is 13.2 Å². The first kappa shape index (κ1) is 21.7. The van der Waals surface area contributed by atoms with Gasteiger partial charge in [0.05, 0.1) is 13.2 Å². The van der Waals surface area contributed by atoms with Crippen LogP contribution >= 0.6 is 0 Å². The topological polar surface area (TPSA) is 18.5 Å². The van der Waals surface area contributed by atoms with E-state index in [0.29, 0.717) is 0 Å². The lowest BCUT2D eigenvalue weighted by molar-refractivity contribution is 0.149. The minimum absolute atomic E-state index is 0.731. The smallest absolute Gasteiger partial charge is 0.0648 e. The van der Waals surface area contributed by atoms with Crippen LogP contribution in [-0.2, 0) is 9.47 Å². The van der Waals surface area contributed by atoms with Crippen molar-refractivity contribution in [2.24, 2.45) is 0 Å². The van der Waals surface area contributed by atoms with E-state index < -0.39 is 0 Å². The molecule has 0 aromatic carbocycles. The third kappa shape index (κ3) is 19.7. The van der Waals surface area contributed by atoms with Gasteiger partial charge in [0.25, 0.3) is 0 Å². The highest BCUT2D eigenvalue weighted by molar-refractivity contribution is 4.81. The number of hydrogen-bond acceptors (Lipinski definition) is 2. The van der Waals surface area contributed by atoms with Crippen molar-refractivity contribution in [2.75, 3.05) is 26.4 Å². The molecule has 0 rings (SSSR count). The van der Waals surface area contributed by atoms with Gasteiger partial charge in [-0.15, -0.1) is 0 Å². The standard InChI is InChI=1S/C20H40O2/c1-3-5-7-9-11-13-17-21-19-15-16-20-22-18-14-12-10-8-6-4-2/h15-16H,3-14,17-20H2,1-2H3/b16-15+. The summed E-state index contributed by atoms with van der Waals surface area (Å²) in [5, 5.41) is 0. The van der Waals surface area contributed by atoms with Gasteiger partial charge in [-0.2, -0.15) is 0 Å². The zero-order valence-electron chi connectivity index (χ0n) is 15.3. The Morgan fingerprint density at radius 3 is 1.27 bits per heavy atom. The molecule has 0 saturated heterocycles. The summed E-state index contributed by atoms with van der Waals surface area (Å²) in [7, 11) is 0. The highest BCUT2D eigenvalue weighted by Crippen LogP contribution is 2.05. The molecule has 0 unspecified atom stereocenters. The first-order valence-corrected chi connectivity index (χ1v) is 9.72. The molecule has 0 aliphatic rings. The highest BCUT2D eigenvalue weighted by atomic mass is 16.5. The van der Waals surface area contributed by atoms with E-state index in [1.165, 1.54) is 77.0 Å². The zero-order chi connectivity index (χ0) is 16.1. The van der Waals surface area contributed by atoms with Crippen LogP contribution in [0.2, 0.25) is 0 Å². The predicted molar refractivity (Wildman–Crippen MR) is 97.5 cm³/mol. The molecule has 0 amide bonds. The molecule has 22 heavy (non-hydrogen) atoms. The first-order chi connectivity index (χ1) is 10.9. The molecule has 0 radical (unpaired) electrons. The van der Waals surface area contributed by atoms with E-state index in [1.807, 2.05) is 0 Å². The number of ether oxygens (including phenoxy) is 2. The Bertz CT molecular complexity index is 192. The summed E-state index contributed by atoms with van der Waals surface area (Å²) in [5.74, 6) is 0. The normalized spacial score (nSPS) is 11.5. The Hall–Kier alpha value is -0.340. The summed E-state index contributed by atoms with van der Waals surface area (Å²) >= 11 is 0. The van der Waals surface area contributed by atoms with Gasteiger partial charge >= 0.3 is 0 Å². The van der Waals surface area contributed by atoms with Crippen molar-refractivity contribution in [3.63, 3.8) is 0 Å². The van der Waals surface area contributed by atoms with Gasteiger partial charge < -0.3 is 9.47 Å². The molecule has 0 spiro atoms. The van der Waals surface area contributed by atoms with Crippen LogP contribution in [0.4, 0.5) is 0 Å². The monoisotopic (exact) mass is 312 g/mol. The highest BCUT2D eigenvalue weighted by Gasteiger charge is 1.91. The fourth-order valence-corrected chi connectivity index (χ4v) is 2.41. The Kier molecular flexibility index (Phi) is 20.3. The second-order valence-electron chi connectivity index (χ2n) is 6.16. The van der Waals surface area contributed by atoms with Gasteiger partial charge in [-0.1, -0.05) is 90.2 Å². The lowest BCUT2D eigenvalue weighted by atomic mass is 10.1. The van der Waals surface area contributed by atoms with E-state index in [4.69, 9.17) is 9.47 Å². The Balaban J connectivity index is 3.03. The lowest BCUT2D eigenvalue weighted by Gasteiger charge is -2.02. The van der Waals surface area contributed by atoms with Crippen molar-refractivity contribution in [3.8, 4) is 0 Å². The van der Waals surface area contributed by atoms with E-state index in [2.05, 4.69) is 26.0 Å². The first-order valence-electron chi connectivity index (χ1n) is 9.72. The van der Waals surface area contributed by atoms with Crippen molar-refractivity contribution in [1.29, 1.82) is 0 Å². The zero-order valence-corrected chi connectivity index (χ0v) is 15.3. The molecule has 0 fully saturated rings. The van der Waals surface area contributed by atoms with Gasteiger partial charge in [0.1, 0.15) is 0 Å². The van der Waals surface area contributed by atoms with Crippen LogP contribution in [0.1, 0.15) is 90.9 Å². The van der Waals surface area contributed by atoms with Gasteiger partial charge in [-0.3, -0.25) is 0 Å². The second kappa shape index (κ2) is 20.7. The molecular weight excluding hydrogens is 272 g/mol. The number of hydrogen-bond donors (Lipinski definition) is 0. The SMILES string of the molecule is CCCCCCCCOC/C=C/COCCCCCCCC. The van der Waals surface area contributed by atoms with Gasteiger partial charge in [0.15, 0.2) is 0 Å².